The Morgan fingerprint density at radius 3 is 2.10 bits per heavy atom. The molecule has 2 N–H and O–H groups in total. The molecule has 1 aromatic heterocycles. The highest BCUT2D eigenvalue weighted by molar-refractivity contribution is 5.86. The number of anilines is 1. The lowest BCUT2D eigenvalue weighted by Gasteiger charge is -2.16. The number of halogens is 3. The monoisotopic (exact) mass is 536 g/mol. The number of benzene rings is 3. The Bertz CT molecular complexity index is 1500. The molecule has 11 heteroatoms. The highest BCUT2D eigenvalue weighted by Gasteiger charge is 2.51. The molecule has 8 nitrogen and oxygen atoms in total. The normalized spacial score (nSPS) is 14.9. The van der Waals surface area contributed by atoms with E-state index in [1.165, 1.54) is 0 Å². The first-order chi connectivity index (χ1) is 18.6. The maximum Gasteiger partial charge on any atom is 0.438 e. The van der Waals surface area contributed by atoms with Crippen LogP contribution >= 0.6 is 0 Å². The smallest absolute Gasteiger partial charge is 0.438 e. The Morgan fingerprint density at radius 1 is 0.974 bits per heavy atom. The Hall–Kier alpha value is -4.67. The zero-order chi connectivity index (χ0) is 27.8. The lowest BCUT2D eigenvalue weighted by molar-refractivity contribution is -0.141. The molecule has 5 rings (SSSR count). The van der Waals surface area contributed by atoms with E-state index in [1.54, 1.807) is 73.7 Å². The van der Waals surface area contributed by atoms with E-state index in [1.807, 2.05) is 12.1 Å². The molecule has 39 heavy (non-hydrogen) atoms. The number of hydrogen-bond donors (Lipinski definition) is 2. The highest BCUT2D eigenvalue weighted by atomic mass is 19.4. The number of carbonyl (C=O) groups excluding carboxylic acids is 1. The van der Waals surface area contributed by atoms with Gasteiger partial charge in [-0.3, -0.25) is 10.1 Å². The van der Waals surface area contributed by atoms with Gasteiger partial charge < -0.3 is 9.84 Å². The zero-order valence-corrected chi connectivity index (χ0v) is 20.6. The molecule has 200 valence electrons. The van der Waals surface area contributed by atoms with Gasteiger partial charge in [-0.05, 0) is 54.2 Å². The number of carboxylic acids is 1. The van der Waals surface area contributed by atoms with Crippen molar-refractivity contribution in [2.75, 3.05) is 5.32 Å². The Balaban J connectivity index is 1.37. The van der Waals surface area contributed by atoms with Gasteiger partial charge in [-0.1, -0.05) is 71.9 Å². The van der Waals surface area contributed by atoms with Gasteiger partial charge in [0.15, 0.2) is 5.82 Å². The summed E-state index contributed by atoms with van der Waals surface area (Å²) in [6.45, 7) is 1.60. The molecule has 1 amide bonds. The number of aliphatic carboxylic acids is 1. The van der Waals surface area contributed by atoms with Crippen LogP contribution in [-0.4, -0.2) is 32.2 Å². The summed E-state index contributed by atoms with van der Waals surface area (Å²) in [5.41, 5.74) is 1.03. The summed E-state index contributed by atoms with van der Waals surface area (Å²) in [5, 5.41) is 18.5. The van der Waals surface area contributed by atoms with Gasteiger partial charge in [0.25, 0.3) is 0 Å². The van der Waals surface area contributed by atoms with Crippen LogP contribution in [0.4, 0.5) is 23.8 Å². The molecule has 1 aliphatic rings. The second-order valence-electron chi connectivity index (χ2n) is 9.29. The molecule has 1 aliphatic carbocycles. The number of alkyl halides is 3. The third kappa shape index (κ3) is 5.20. The van der Waals surface area contributed by atoms with Crippen molar-refractivity contribution >= 4 is 17.9 Å². The number of amides is 1. The van der Waals surface area contributed by atoms with E-state index in [0.29, 0.717) is 18.4 Å². The van der Waals surface area contributed by atoms with E-state index in [9.17, 15) is 27.9 Å². The summed E-state index contributed by atoms with van der Waals surface area (Å²) >= 11 is 0. The van der Waals surface area contributed by atoms with Crippen LogP contribution in [0.25, 0.3) is 16.8 Å². The zero-order valence-electron chi connectivity index (χ0n) is 20.6. The van der Waals surface area contributed by atoms with Crippen LogP contribution in [0.5, 0.6) is 0 Å². The maximum absolute atomic E-state index is 13.7. The Morgan fingerprint density at radius 2 is 1.56 bits per heavy atom. The number of nitrogens with one attached hydrogen (secondary N) is 1. The van der Waals surface area contributed by atoms with Crippen molar-refractivity contribution in [1.29, 1.82) is 0 Å². The number of carbonyl (C=O) groups is 2. The Labute approximate surface area is 221 Å². The van der Waals surface area contributed by atoms with Gasteiger partial charge in [-0.2, -0.15) is 17.9 Å². The van der Waals surface area contributed by atoms with E-state index in [2.05, 4.69) is 15.6 Å². The van der Waals surface area contributed by atoms with Crippen molar-refractivity contribution in [3.63, 3.8) is 0 Å². The van der Waals surface area contributed by atoms with Crippen molar-refractivity contribution in [1.82, 2.24) is 15.0 Å². The average molecular weight is 537 g/mol. The molecular formula is C28H23F3N4O4. The van der Waals surface area contributed by atoms with Crippen molar-refractivity contribution in [3.05, 3.63) is 95.7 Å². The summed E-state index contributed by atoms with van der Waals surface area (Å²) < 4.78 is 47.2. The van der Waals surface area contributed by atoms with E-state index < -0.39 is 41.3 Å². The molecule has 1 atom stereocenters. The second kappa shape index (κ2) is 9.90. The number of rotatable bonds is 7. The highest BCUT2D eigenvalue weighted by Crippen LogP contribution is 2.48. The number of hydrogen-bond acceptors (Lipinski definition) is 5. The SMILES string of the molecule is C[C@@H](OC(=O)Nc1c(C(F)(F)F)nnn1-c1ccc(-c2ccc(C3(C(=O)O)CC3)cc2)cc1)c1ccccc1. The molecule has 0 aliphatic heterocycles. The molecule has 0 saturated heterocycles. The topological polar surface area (TPSA) is 106 Å². The summed E-state index contributed by atoms with van der Waals surface area (Å²) in [6.07, 6.45) is -5.47. The molecule has 0 radical (unpaired) electrons. The van der Waals surface area contributed by atoms with Crippen LogP contribution < -0.4 is 5.32 Å². The van der Waals surface area contributed by atoms with Crippen molar-refractivity contribution in [3.8, 4) is 16.8 Å². The van der Waals surface area contributed by atoms with Crippen LogP contribution in [-0.2, 0) is 21.1 Å². The summed E-state index contributed by atoms with van der Waals surface area (Å²) in [4.78, 5) is 24.1. The molecule has 0 spiro atoms. The molecular weight excluding hydrogens is 513 g/mol. The summed E-state index contributed by atoms with van der Waals surface area (Å²) in [7, 11) is 0. The predicted octanol–water partition coefficient (Wildman–Crippen LogP) is 6.38. The van der Waals surface area contributed by atoms with Gasteiger partial charge >= 0.3 is 18.2 Å². The molecule has 1 heterocycles. The van der Waals surface area contributed by atoms with Crippen molar-refractivity contribution in [2.24, 2.45) is 0 Å². The first-order valence-electron chi connectivity index (χ1n) is 12.1. The van der Waals surface area contributed by atoms with Gasteiger partial charge in [-0.15, -0.1) is 5.10 Å². The summed E-state index contributed by atoms with van der Waals surface area (Å²) in [5.74, 6) is -1.51. The molecule has 3 aromatic carbocycles. The van der Waals surface area contributed by atoms with Crippen LogP contribution in [0.1, 0.15) is 42.7 Å². The molecule has 1 saturated carbocycles. The summed E-state index contributed by atoms with van der Waals surface area (Å²) in [6, 6.07) is 22.4. The van der Waals surface area contributed by atoms with Crippen LogP contribution in [0.3, 0.4) is 0 Å². The fraction of sp³-hybridized carbons (Fsp3) is 0.214. The first-order valence-corrected chi connectivity index (χ1v) is 12.1. The van der Waals surface area contributed by atoms with Crippen LogP contribution in [0.2, 0.25) is 0 Å². The standard InChI is InChI=1S/C28H23F3N4O4/c1-17(18-5-3-2-4-6-18)39-26(38)32-24-23(28(29,30)31)33-34-35(24)22-13-9-20(10-14-22)19-7-11-21(12-8-19)27(15-16-27)25(36)37/h2-14,17H,15-16H2,1H3,(H,32,38)(H,36,37)/t17-/m1/s1. The third-order valence-electron chi connectivity index (χ3n) is 6.75. The predicted molar refractivity (Wildman–Crippen MR) is 135 cm³/mol. The van der Waals surface area contributed by atoms with E-state index in [0.717, 1.165) is 21.4 Å². The second-order valence-corrected chi connectivity index (χ2v) is 9.29. The minimum Gasteiger partial charge on any atom is -0.481 e. The largest absolute Gasteiger partial charge is 0.481 e. The number of ether oxygens (including phenoxy) is 1. The van der Waals surface area contributed by atoms with Crippen LogP contribution in [0, 0.1) is 0 Å². The van der Waals surface area contributed by atoms with Crippen molar-refractivity contribution < 1.29 is 32.6 Å². The molecule has 0 bridgehead atoms. The average Bonchev–Trinajstić information content (AvgIpc) is 3.63. The lowest BCUT2D eigenvalue weighted by Crippen LogP contribution is -2.21. The number of aromatic nitrogens is 3. The van der Waals surface area contributed by atoms with Gasteiger partial charge in [-0.25, -0.2) is 4.79 Å². The number of carboxylic acid groups (broad SMARTS) is 1. The van der Waals surface area contributed by atoms with Gasteiger partial charge in [0.2, 0.25) is 5.69 Å². The number of nitrogens with zero attached hydrogens (tertiary/aromatic N) is 3. The molecule has 4 aromatic rings. The molecule has 1 fully saturated rings. The van der Waals surface area contributed by atoms with Gasteiger partial charge in [0, 0.05) is 0 Å². The fourth-order valence-electron chi connectivity index (χ4n) is 4.37. The Kier molecular flexibility index (Phi) is 6.59. The van der Waals surface area contributed by atoms with E-state index in [4.69, 9.17) is 4.74 Å². The maximum atomic E-state index is 13.7. The van der Waals surface area contributed by atoms with Gasteiger partial charge in [0.05, 0.1) is 11.1 Å². The first kappa shape index (κ1) is 26.0. The fourth-order valence-corrected chi connectivity index (χ4v) is 4.37. The van der Waals surface area contributed by atoms with E-state index >= 15 is 0 Å². The van der Waals surface area contributed by atoms with Crippen molar-refractivity contribution in [2.45, 2.75) is 37.5 Å². The van der Waals surface area contributed by atoms with Crippen LogP contribution in [0.15, 0.2) is 78.9 Å². The minimum absolute atomic E-state index is 0.229. The third-order valence-corrected chi connectivity index (χ3v) is 6.75. The van der Waals surface area contributed by atoms with E-state index in [-0.39, 0.29) is 5.69 Å². The minimum atomic E-state index is -4.87. The van der Waals surface area contributed by atoms with Gasteiger partial charge in [0.1, 0.15) is 6.10 Å². The molecule has 0 unspecified atom stereocenters. The quantitative estimate of drug-likeness (QED) is 0.284. The lowest BCUT2D eigenvalue weighted by atomic mass is 9.94.